The van der Waals surface area contributed by atoms with Crippen LogP contribution >= 0.6 is 0 Å². The van der Waals surface area contributed by atoms with Gasteiger partial charge in [0.05, 0.1) is 12.3 Å². The van der Waals surface area contributed by atoms with Crippen molar-refractivity contribution in [3.8, 4) is 0 Å². The van der Waals surface area contributed by atoms with Crippen molar-refractivity contribution in [3.05, 3.63) is 23.8 Å². The molecule has 4 heterocycles. The van der Waals surface area contributed by atoms with Crippen molar-refractivity contribution >= 4 is 17.7 Å². The highest BCUT2D eigenvalue weighted by atomic mass is 19.4. The Hall–Kier alpha value is -2.72. The molecule has 2 aliphatic heterocycles. The molecule has 0 N–H and O–H groups in total. The van der Waals surface area contributed by atoms with Gasteiger partial charge in [-0.15, -0.1) is 0 Å². The smallest absolute Gasteiger partial charge is 0.433 e. The van der Waals surface area contributed by atoms with E-state index in [0.717, 1.165) is 25.2 Å². The normalized spacial score (nSPS) is 24.3. The van der Waals surface area contributed by atoms with Crippen LogP contribution in [0.3, 0.4) is 0 Å². The molecule has 1 amide bonds. The number of halogens is 3. The van der Waals surface area contributed by atoms with Gasteiger partial charge in [0.25, 0.3) is 5.78 Å². The summed E-state index contributed by atoms with van der Waals surface area (Å²) in [5.74, 6) is -1.16. The number of aromatic nitrogens is 4. The number of esters is 1. The second-order valence-electron chi connectivity index (χ2n) is 8.64. The van der Waals surface area contributed by atoms with E-state index in [-0.39, 0.29) is 30.0 Å². The van der Waals surface area contributed by atoms with Crippen molar-refractivity contribution in [1.29, 1.82) is 0 Å². The summed E-state index contributed by atoms with van der Waals surface area (Å²) >= 11 is 0. The Morgan fingerprint density at radius 2 is 1.90 bits per heavy atom. The summed E-state index contributed by atoms with van der Waals surface area (Å²) in [6.45, 7) is 0.816. The first kappa shape index (κ1) is 20.2. The highest BCUT2D eigenvalue weighted by Crippen LogP contribution is 2.46. The minimum atomic E-state index is -4.58. The zero-order valence-electron chi connectivity index (χ0n) is 16.8. The fourth-order valence-electron chi connectivity index (χ4n) is 5.29. The minimum Gasteiger partial charge on any atom is -0.458 e. The molecule has 166 valence electrons. The van der Waals surface area contributed by atoms with Gasteiger partial charge in [0, 0.05) is 24.7 Å². The highest BCUT2D eigenvalue weighted by Gasteiger charge is 2.55. The van der Waals surface area contributed by atoms with Crippen molar-refractivity contribution in [3.63, 3.8) is 0 Å². The van der Waals surface area contributed by atoms with E-state index < -0.39 is 23.4 Å². The number of carbonyl (C=O) groups excluding carboxylic acids is 2. The molecule has 0 radical (unpaired) electrons. The molecule has 1 atom stereocenters. The summed E-state index contributed by atoms with van der Waals surface area (Å²) in [4.78, 5) is 34.9. The molecular formula is C20H22F3N5O3. The van der Waals surface area contributed by atoms with Crippen molar-refractivity contribution in [2.45, 2.75) is 62.6 Å². The van der Waals surface area contributed by atoms with E-state index in [4.69, 9.17) is 4.74 Å². The Kier molecular flexibility index (Phi) is 4.67. The van der Waals surface area contributed by atoms with Gasteiger partial charge in [0.1, 0.15) is 11.9 Å². The number of ether oxygens (including phenoxy) is 1. The summed E-state index contributed by atoms with van der Waals surface area (Å²) < 4.78 is 46.6. The van der Waals surface area contributed by atoms with Crippen LogP contribution in [0.15, 0.2) is 12.4 Å². The van der Waals surface area contributed by atoms with Crippen LogP contribution in [0.1, 0.15) is 62.3 Å². The van der Waals surface area contributed by atoms with E-state index >= 15 is 0 Å². The van der Waals surface area contributed by atoms with E-state index in [9.17, 15) is 22.8 Å². The monoisotopic (exact) mass is 437 g/mol. The molecule has 1 aliphatic carbocycles. The van der Waals surface area contributed by atoms with Gasteiger partial charge in [-0.2, -0.15) is 27.8 Å². The van der Waals surface area contributed by atoms with Gasteiger partial charge in [-0.25, -0.2) is 4.98 Å². The SMILES string of the molecule is O=C1C[C@H](C(=O)N2CCC(c3cc(C(F)(F)F)n4ncnc4n3)CC2)C2(CCCC2)O1. The summed E-state index contributed by atoms with van der Waals surface area (Å²) in [6, 6.07) is 1.03. The van der Waals surface area contributed by atoms with Crippen LogP contribution in [0.25, 0.3) is 5.78 Å². The molecule has 0 unspecified atom stereocenters. The van der Waals surface area contributed by atoms with Gasteiger partial charge in [0.15, 0.2) is 5.69 Å². The number of fused-ring (bicyclic) bond motifs is 1. The first-order valence-electron chi connectivity index (χ1n) is 10.6. The van der Waals surface area contributed by atoms with Gasteiger partial charge < -0.3 is 9.64 Å². The maximum absolute atomic E-state index is 13.5. The third-order valence-corrected chi connectivity index (χ3v) is 6.86. The van der Waals surface area contributed by atoms with Gasteiger partial charge in [0.2, 0.25) is 5.91 Å². The van der Waals surface area contributed by atoms with E-state index in [1.807, 2.05) is 0 Å². The third-order valence-electron chi connectivity index (χ3n) is 6.86. The number of amides is 1. The summed E-state index contributed by atoms with van der Waals surface area (Å²) in [5, 5.41) is 3.62. The lowest BCUT2D eigenvalue weighted by atomic mass is 9.83. The van der Waals surface area contributed by atoms with Crippen LogP contribution in [0.2, 0.25) is 0 Å². The lowest BCUT2D eigenvalue weighted by Crippen LogP contribution is -2.47. The summed E-state index contributed by atoms with van der Waals surface area (Å²) in [5.41, 5.74) is -1.26. The summed E-state index contributed by atoms with van der Waals surface area (Å²) in [6.07, 6.45) is 0.886. The van der Waals surface area contributed by atoms with E-state index in [0.29, 0.717) is 49.0 Å². The molecule has 0 aromatic carbocycles. The zero-order valence-corrected chi connectivity index (χ0v) is 16.8. The topological polar surface area (TPSA) is 89.7 Å². The lowest BCUT2D eigenvalue weighted by molar-refractivity contribution is -0.152. The average Bonchev–Trinajstić information content (AvgIpc) is 3.46. The van der Waals surface area contributed by atoms with Crippen LogP contribution < -0.4 is 0 Å². The van der Waals surface area contributed by atoms with Crippen LogP contribution in [-0.2, 0) is 20.5 Å². The molecule has 11 heteroatoms. The molecule has 3 aliphatic rings. The van der Waals surface area contributed by atoms with Crippen LogP contribution in [0.5, 0.6) is 0 Å². The average molecular weight is 437 g/mol. The largest absolute Gasteiger partial charge is 0.458 e. The molecule has 1 saturated carbocycles. The number of hydrogen-bond donors (Lipinski definition) is 0. The maximum atomic E-state index is 13.5. The number of nitrogens with zero attached hydrogens (tertiary/aromatic N) is 5. The number of alkyl halides is 3. The van der Waals surface area contributed by atoms with Crippen LogP contribution in [0, 0.1) is 5.92 Å². The van der Waals surface area contributed by atoms with Crippen LogP contribution in [-0.4, -0.2) is 55.0 Å². The van der Waals surface area contributed by atoms with E-state index in [1.54, 1.807) is 4.90 Å². The van der Waals surface area contributed by atoms with E-state index in [2.05, 4.69) is 15.1 Å². The fraction of sp³-hybridized carbons (Fsp3) is 0.650. The van der Waals surface area contributed by atoms with Crippen LogP contribution in [0.4, 0.5) is 13.2 Å². The first-order valence-corrected chi connectivity index (χ1v) is 10.6. The van der Waals surface area contributed by atoms with Gasteiger partial charge in [-0.3, -0.25) is 9.59 Å². The first-order chi connectivity index (χ1) is 14.8. The standard InChI is InChI=1S/C20H22F3N5O3/c21-20(22,23)15-10-14(26-18-24-11-25-28(15)18)12-3-7-27(8-4-12)17(30)13-9-16(29)31-19(13)5-1-2-6-19/h10-13H,1-9H2/t13-/m1/s1. The fourth-order valence-corrected chi connectivity index (χ4v) is 5.29. The number of likely N-dealkylation sites (tertiary alicyclic amines) is 1. The highest BCUT2D eigenvalue weighted by molar-refractivity contribution is 5.88. The number of hydrogen-bond acceptors (Lipinski definition) is 6. The molecule has 5 rings (SSSR count). The van der Waals surface area contributed by atoms with Crippen molar-refractivity contribution in [1.82, 2.24) is 24.5 Å². The van der Waals surface area contributed by atoms with Gasteiger partial charge in [-0.1, -0.05) is 0 Å². The van der Waals surface area contributed by atoms with Crippen molar-refractivity contribution < 1.29 is 27.5 Å². The number of piperidine rings is 1. The quantitative estimate of drug-likeness (QED) is 0.672. The second kappa shape index (κ2) is 7.16. The van der Waals surface area contributed by atoms with Crippen molar-refractivity contribution in [2.24, 2.45) is 5.92 Å². The molecular weight excluding hydrogens is 415 g/mol. The maximum Gasteiger partial charge on any atom is 0.433 e. The van der Waals surface area contributed by atoms with Gasteiger partial charge in [-0.05, 0) is 44.6 Å². The number of carbonyl (C=O) groups is 2. The second-order valence-corrected chi connectivity index (χ2v) is 8.64. The Morgan fingerprint density at radius 3 is 2.58 bits per heavy atom. The molecule has 8 nitrogen and oxygen atoms in total. The third kappa shape index (κ3) is 3.43. The Balaban J connectivity index is 1.32. The molecule has 2 saturated heterocycles. The molecule has 0 bridgehead atoms. The van der Waals surface area contributed by atoms with Gasteiger partial charge >= 0.3 is 12.1 Å². The summed E-state index contributed by atoms with van der Waals surface area (Å²) in [7, 11) is 0. The molecule has 3 fully saturated rings. The zero-order chi connectivity index (χ0) is 21.8. The molecule has 1 spiro atoms. The number of rotatable bonds is 2. The lowest BCUT2D eigenvalue weighted by Gasteiger charge is -2.36. The molecule has 31 heavy (non-hydrogen) atoms. The predicted octanol–water partition coefficient (Wildman–Crippen LogP) is 2.73. The Labute approximate surface area is 175 Å². The Morgan fingerprint density at radius 1 is 1.19 bits per heavy atom. The molecule has 2 aromatic heterocycles. The molecule has 2 aromatic rings. The Bertz CT molecular complexity index is 1020. The predicted molar refractivity (Wildman–Crippen MR) is 99.7 cm³/mol. The minimum absolute atomic E-state index is 0.0805. The van der Waals surface area contributed by atoms with E-state index in [1.165, 1.54) is 0 Å². The van der Waals surface area contributed by atoms with Crippen molar-refractivity contribution in [2.75, 3.05) is 13.1 Å².